The van der Waals surface area contributed by atoms with Crippen molar-refractivity contribution in [2.45, 2.75) is 64.1 Å². The van der Waals surface area contributed by atoms with Crippen LogP contribution in [0.2, 0.25) is 0 Å². The van der Waals surface area contributed by atoms with Crippen molar-refractivity contribution in [2.24, 2.45) is 12.5 Å². The van der Waals surface area contributed by atoms with Gasteiger partial charge in [0, 0.05) is 37.5 Å². The Bertz CT molecular complexity index is 536. The zero-order valence-electron chi connectivity index (χ0n) is 14.2. The van der Waals surface area contributed by atoms with Crippen LogP contribution in [0.25, 0.3) is 0 Å². The predicted octanol–water partition coefficient (Wildman–Crippen LogP) is 2.35. The summed E-state index contributed by atoms with van der Waals surface area (Å²) in [5, 5.41) is 6.10. The van der Waals surface area contributed by atoms with Crippen molar-refractivity contribution in [3.63, 3.8) is 0 Å². The molecule has 0 bridgehead atoms. The molecular weight excluding hydrogens is 292 g/mol. The number of aromatic nitrogens is 2. The van der Waals surface area contributed by atoms with Gasteiger partial charge < -0.3 is 19.9 Å². The number of amides is 2. The van der Waals surface area contributed by atoms with Gasteiger partial charge in [0.25, 0.3) is 0 Å². The Morgan fingerprint density at radius 3 is 2.87 bits per heavy atom. The quantitative estimate of drug-likeness (QED) is 0.875. The molecule has 6 nitrogen and oxygen atoms in total. The van der Waals surface area contributed by atoms with E-state index in [2.05, 4.69) is 22.5 Å². The second-order valence-corrected chi connectivity index (χ2v) is 6.81. The fourth-order valence-corrected chi connectivity index (χ4v) is 4.20. The number of aryl methyl sites for hydroxylation is 1. The van der Waals surface area contributed by atoms with Crippen LogP contribution in [-0.2, 0) is 18.3 Å². The molecule has 23 heavy (non-hydrogen) atoms. The molecular formula is C17H28N4O2. The van der Waals surface area contributed by atoms with E-state index in [9.17, 15) is 4.79 Å². The maximum Gasteiger partial charge on any atom is 0.315 e. The van der Waals surface area contributed by atoms with E-state index in [1.807, 2.05) is 17.8 Å². The topological polar surface area (TPSA) is 68.2 Å². The Kier molecular flexibility index (Phi) is 4.90. The van der Waals surface area contributed by atoms with Crippen molar-refractivity contribution in [3.8, 4) is 0 Å². The first-order chi connectivity index (χ1) is 11.2. The molecule has 1 spiro atoms. The van der Waals surface area contributed by atoms with Crippen LogP contribution >= 0.6 is 0 Å². The second-order valence-electron chi connectivity index (χ2n) is 6.81. The summed E-state index contributed by atoms with van der Waals surface area (Å²) in [6.07, 6.45) is 11.0. The first-order valence-electron chi connectivity index (χ1n) is 8.78. The van der Waals surface area contributed by atoms with E-state index < -0.39 is 0 Å². The number of urea groups is 1. The molecule has 2 saturated carbocycles. The van der Waals surface area contributed by atoms with Crippen molar-refractivity contribution in [2.75, 3.05) is 6.61 Å². The number of carbonyl (C=O) groups excluding carboxylic acids is 1. The van der Waals surface area contributed by atoms with Gasteiger partial charge in [0.15, 0.2) is 0 Å². The molecule has 6 heteroatoms. The van der Waals surface area contributed by atoms with Gasteiger partial charge in [-0.1, -0.05) is 19.3 Å². The molecule has 0 radical (unpaired) electrons. The predicted molar refractivity (Wildman–Crippen MR) is 87.9 cm³/mol. The summed E-state index contributed by atoms with van der Waals surface area (Å²) >= 11 is 0. The monoisotopic (exact) mass is 320 g/mol. The van der Waals surface area contributed by atoms with E-state index in [0.717, 1.165) is 18.9 Å². The third-order valence-electron chi connectivity index (χ3n) is 5.57. The minimum Gasteiger partial charge on any atom is -0.378 e. The highest BCUT2D eigenvalue weighted by atomic mass is 16.5. The third kappa shape index (κ3) is 3.22. The number of nitrogens with zero attached hydrogens (tertiary/aromatic N) is 2. The smallest absolute Gasteiger partial charge is 0.315 e. The van der Waals surface area contributed by atoms with Gasteiger partial charge in [-0.25, -0.2) is 9.78 Å². The molecule has 1 heterocycles. The lowest BCUT2D eigenvalue weighted by atomic mass is 9.55. The molecule has 0 aromatic carbocycles. The van der Waals surface area contributed by atoms with Gasteiger partial charge >= 0.3 is 6.03 Å². The molecule has 2 aliphatic carbocycles. The number of nitrogens with one attached hydrogen (secondary N) is 2. The fraction of sp³-hybridized carbons (Fsp3) is 0.765. The number of imidazole rings is 1. The Balaban J connectivity index is 1.54. The summed E-state index contributed by atoms with van der Waals surface area (Å²) in [6, 6.07) is 0.138. The number of hydrogen-bond donors (Lipinski definition) is 2. The summed E-state index contributed by atoms with van der Waals surface area (Å²) < 4.78 is 7.85. The van der Waals surface area contributed by atoms with Crippen LogP contribution < -0.4 is 10.6 Å². The van der Waals surface area contributed by atoms with E-state index in [-0.39, 0.29) is 17.5 Å². The minimum absolute atomic E-state index is 0.0992. The number of carbonyl (C=O) groups is 1. The number of ether oxygens (including phenoxy) is 1. The molecule has 2 N–H and O–H groups in total. The zero-order chi connectivity index (χ0) is 16.3. The summed E-state index contributed by atoms with van der Waals surface area (Å²) in [7, 11) is 1.93. The summed E-state index contributed by atoms with van der Waals surface area (Å²) in [4.78, 5) is 16.5. The largest absolute Gasteiger partial charge is 0.378 e. The normalized spacial score (nSPS) is 25.8. The number of rotatable bonds is 5. The van der Waals surface area contributed by atoms with Gasteiger partial charge in [0.05, 0.1) is 12.6 Å². The van der Waals surface area contributed by atoms with Crippen molar-refractivity contribution < 1.29 is 9.53 Å². The highest BCUT2D eigenvalue weighted by Gasteiger charge is 2.56. The standard InChI is InChI=1S/C17H28N4O2/c1-3-23-14-11-13(17(14)7-5-4-6-8-17)20-16(22)19-12-15-18-9-10-21(15)2/h9-10,13-14H,3-8,11-12H2,1-2H3,(H2,19,20,22)/t13-,14-/m1/s1. The molecule has 2 fully saturated rings. The highest BCUT2D eigenvalue weighted by molar-refractivity contribution is 5.74. The Morgan fingerprint density at radius 1 is 1.43 bits per heavy atom. The van der Waals surface area contributed by atoms with Crippen LogP contribution in [0.1, 0.15) is 51.3 Å². The summed E-state index contributed by atoms with van der Waals surface area (Å²) in [5.41, 5.74) is 0.162. The summed E-state index contributed by atoms with van der Waals surface area (Å²) in [6.45, 7) is 3.26. The zero-order valence-corrected chi connectivity index (χ0v) is 14.2. The van der Waals surface area contributed by atoms with Crippen LogP contribution in [0, 0.1) is 5.41 Å². The highest BCUT2D eigenvalue weighted by Crippen LogP contribution is 2.53. The molecule has 2 aliphatic rings. The molecule has 128 valence electrons. The van der Waals surface area contributed by atoms with Gasteiger partial charge in [0.2, 0.25) is 0 Å². The van der Waals surface area contributed by atoms with Crippen molar-refractivity contribution >= 4 is 6.03 Å². The van der Waals surface area contributed by atoms with Gasteiger partial charge in [-0.2, -0.15) is 0 Å². The molecule has 0 saturated heterocycles. The van der Waals surface area contributed by atoms with Gasteiger partial charge in [0.1, 0.15) is 5.82 Å². The second kappa shape index (κ2) is 6.91. The Morgan fingerprint density at radius 2 is 2.22 bits per heavy atom. The van der Waals surface area contributed by atoms with Crippen LogP contribution in [0.5, 0.6) is 0 Å². The average Bonchev–Trinajstić information content (AvgIpc) is 2.98. The maximum absolute atomic E-state index is 12.2. The number of hydrogen-bond acceptors (Lipinski definition) is 3. The van der Waals surface area contributed by atoms with Crippen molar-refractivity contribution in [1.29, 1.82) is 0 Å². The molecule has 2 amide bonds. The maximum atomic E-state index is 12.2. The molecule has 3 rings (SSSR count). The van der Waals surface area contributed by atoms with Crippen LogP contribution in [0.15, 0.2) is 12.4 Å². The van der Waals surface area contributed by atoms with Crippen molar-refractivity contribution in [3.05, 3.63) is 18.2 Å². The Labute approximate surface area is 138 Å². The third-order valence-corrected chi connectivity index (χ3v) is 5.57. The first kappa shape index (κ1) is 16.3. The molecule has 1 aromatic rings. The fourth-order valence-electron chi connectivity index (χ4n) is 4.20. The van der Waals surface area contributed by atoms with Gasteiger partial charge in [-0.05, 0) is 26.2 Å². The lowest BCUT2D eigenvalue weighted by molar-refractivity contribution is -0.146. The van der Waals surface area contributed by atoms with E-state index >= 15 is 0 Å². The molecule has 0 unspecified atom stereocenters. The van der Waals surface area contributed by atoms with E-state index in [1.54, 1.807) is 6.20 Å². The lowest BCUT2D eigenvalue weighted by Crippen LogP contribution is -2.66. The average molecular weight is 320 g/mol. The molecule has 1 aromatic heterocycles. The van der Waals surface area contributed by atoms with Crippen molar-refractivity contribution in [1.82, 2.24) is 20.2 Å². The SMILES string of the molecule is CCO[C@@H]1C[C@@H](NC(=O)NCc2nccn2C)C12CCCCC2. The first-order valence-corrected chi connectivity index (χ1v) is 8.78. The van der Waals surface area contributed by atoms with Crippen LogP contribution in [0.3, 0.4) is 0 Å². The van der Waals surface area contributed by atoms with E-state index in [1.165, 1.54) is 32.1 Å². The molecule has 2 atom stereocenters. The van der Waals surface area contributed by atoms with Gasteiger partial charge in [-0.3, -0.25) is 0 Å². The van der Waals surface area contributed by atoms with Gasteiger partial charge in [-0.15, -0.1) is 0 Å². The molecule has 0 aliphatic heterocycles. The van der Waals surface area contributed by atoms with Crippen LogP contribution in [0.4, 0.5) is 4.79 Å². The lowest BCUT2D eigenvalue weighted by Gasteiger charge is -2.57. The summed E-state index contributed by atoms with van der Waals surface area (Å²) in [5.74, 6) is 0.855. The van der Waals surface area contributed by atoms with E-state index in [4.69, 9.17) is 4.74 Å². The minimum atomic E-state index is -0.0992. The van der Waals surface area contributed by atoms with E-state index in [0.29, 0.717) is 12.6 Å². The Hall–Kier alpha value is -1.56. The van der Waals surface area contributed by atoms with Crippen LogP contribution in [-0.4, -0.2) is 34.3 Å².